The Balaban J connectivity index is 1.62. The van der Waals surface area contributed by atoms with E-state index in [2.05, 4.69) is 35.6 Å². The van der Waals surface area contributed by atoms with Crippen molar-refractivity contribution in [3.05, 3.63) is 35.9 Å². The molecule has 2 nitrogen and oxygen atoms in total. The molecule has 1 aromatic rings. The molecule has 1 aliphatic rings. The summed E-state index contributed by atoms with van der Waals surface area (Å²) in [6.07, 6.45) is 4.62. The Morgan fingerprint density at radius 2 is 1.94 bits per heavy atom. The summed E-state index contributed by atoms with van der Waals surface area (Å²) in [5.41, 5.74) is 1.83. The Morgan fingerprint density at radius 1 is 1.19 bits per heavy atom. The van der Waals surface area contributed by atoms with Crippen LogP contribution in [0.4, 0.5) is 0 Å². The smallest absolute Gasteiger partial charge is 0.0436 e. The fourth-order valence-electron chi connectivity index (χ4n) is 2.16. The minimum absolute atomic E-state index is 0.334. The highest BCUT2D eigenvalue weighted by Gasteiger charge is 2.41. The molecule has 0 atom stereocenters. The number of nitrogens with one attached hydrogen (secondary N) is 1. The van der Waals surface area contributed by atoms with Gasteiger partial charge in [-0.25, -0.2) is 0 Å². The zero-order valence-corrected chi connectivity index (χ0v) is 9.78. The second-order valence-corrected chi connectivity index (χ2v) is 4.89. The van der Waals surface area contributed by atoms with Crippen LogP contribution in [0.25, 0.3) is 0 Å². The molecule has 1 aromatic carbocycles. The Kier molecular flexibility index (Phi) is 3.97. The molecule has 1 fully saturated rings. The van der Waals surface area contributed by atoms with E-state index in [4.69, 9.17) is 5.11 Å². The molecule has 0 amide bonds. The van der Waals surface area contributed by atoms with Crippen molar-refractivity contribution < 1.29 is 5.11 Å². The van der Waals surface area contributed by atoms with E-state index in [1.807, 2.05) is 0 Å². The van der Waals surface area contributed by atoms with E-state index in [0.29, 0.717) is 12.0 Å². The summed E-state index contributed by atoms with van der Waals surface area (Å²) >= 11 is 0. The van der Waals surface area contributed by atoms with Gasteiger partial charge < -0.3 is 10.4 Å². The molecule has 0 bridgehead atoms. The molecule has 16 heavy (non-hydrogen) atoms. The molecule has 1 saturated carbocycles. The van der Waals surface area contributed by atoms with Crippen LogP contribution < -0.4 is 5.32 Å². The van der Waals surface area contributed by atoms with Crippen LogP contribution in [-0.2, 0) is 6.42 Å². The van der Waals surface area contributed by atoms with Crippen molar-refractivity contribution in [2.45, 2.75) is 25.7 Å². The van der Waals surface area contributed by atoms with Gasteiger partial charge in [-0.3, -0.25) is 0 Å². The van der Waals surface area contributed by atoms with Crippen LogP contribution >= 0.6 is 0 Å². The molecule has 0 aliphatic heterocycles. The number of aliphatic hydroxyl groups is 1. The van der Waals surface area contributed by atoms with Crippen LogP contribution in [0.2, 0.25) is 0 Å². The predicted molar refractivity (Wildman–Crippen MR) is 66.4 cm³/mol. The lowest BCUT2D eigenvalue weighted by molar-refractivity contribution is 0.245. The summed E-state index contributed by atoms with van der Waals surface area (Å²) < 4.78 is 0. The van der Waals surface area contributed by atoms with Crippen LogP contribution in [0, 0.1) is 5.41 Å². The first kappa shape index (κ1) is 11.6. The van der Waals surface area contributed by atoms with Gasteiger partial charge in [0.25, 0.3) is 0 Å². The van der Waals surface area contributed by atoms with Gasteiger partial charge in [0, 0.05) is 13.2 Å². The maximum Gasteiger partial charge on any atom is 0.0436 e. The third kappa shape index (κ3) is 3.32. The Morgan fingerprint density at radius 3 is 2.56 bits per heavy atom. The fourth-order valence-corrected chi connectivity index (χ4v) is 2.16. The molecule has 0 aromatic heterocycles. The van der Waals surface area contributed by atoms with E-state index >= 15 is 0 Å². The maximum absolute atomic E-state index is 8.95. The molecule has 2 heteroatoms. The Hall–Kier alpha value is -0.860. The van der Waals surface area contributed by atoms with Crippen LogP contribution in [0.3, 0.4) is 0 Å². The van der Waals surface area contributed by atoms with E-state index in [1.54, 1.807) is 0 Å². The van der Waals surface area contributed by atoms with Gasteiger partial charge in [0.05, 0.1) is 0 Å². The van der Waals surface area contributed by atoms with Gasteiger partial charge in [-0.2, -0.15) is 0 Å². The molecule has 0 heterocycles. The number of aliphatic hydroxyl groups excluding tert-OH is 1. The standard InChI is InChI=1S/C14H21NO/c16-11-9-14(7-8-14)12-15-10-6-13-4-2-1-3-5-13/h1-5,15-16H,6-12H2. The van der Waals surface area contributed by atoms with Crippen molar-refractivity contribution in [1.29, 1.82) is 0 Å². The van der Waals surface area contributed by atoms with E-state index in [-0.39, 0.29) is 0 Å². The van der Waals surface area contributed by atoms with Gasteiger partial charge in [0.2, 0.25) is 0 Å². The third-order valence-electron chi connectivity index (χ3n) is 3.53. The molecule has 1 aliphatic carbocycles. The summed E-state index contributed by atoms with van der Waals surface area (Å²) in [4.78, 5) is 0. The van der Waals surface area contributed by atoms with Crippen LogP contribution in [0.15, 0.2) is 30.3 Å². The topological polar surface area (TPSA) is 32.3 Å². The van der Waals surface area contributed by atoms with Gasteiger partial charge in [-0.1, -0.05) is 30.3 Å². The molecule has 0 spiro atoms. The van der Waals surface area contributed by atoms with E-state index in [0.717, 1.165) is 25.9 Å². The zero-order chi connectivity index (χ0) is 11.3. The lowest BCUT2D eigenvalue weighted by atomic mass is 10.0. The van der Waals surface area contributed by atoms with Crippen LogP contribution in [-0.4, -0.2) is 24.8 Å². The molecule has 2 rings (SSSR count). The quantitative estimate of drug-likeness (QED) is 0.687. The average Bonchev–Trinajstić information content (AvgIpc) is 3.07. The van der Waals surface area contributed by atoms with Crippen molar-refractivity contribution in [2.24, 2.45) is 5.41 Å². The molecule has 0 unspecified atom stereocenters. The zero-order valence-electron chi connectivity index (χ0n) is 9.78. The van der Waals surface area contributed by atoms with E-state index < -0.39 is 0 Å². The van der Waals surface area contributed by atoms with Crippen molar-refractivity contribution in [1.82, 2.24) is 5.32 Å². The number of benzene rings is 1. The van der Waals surface area contributed by atoms with Crippen molar-refractivity contribution >= 4 is 0 Å². The average molecular weight is 219 g/mol. The first-order valence-electron chi connectivity index (χ1n) is 6.20. The fraction of sp³-hybridized carbons (Fsp3) is 0.571. The van der Waals surface area contributed by atoms with Gasteiger partial charge >= 0.3 is 0 Å². The van der Waals surface area contributed by atoms with Gasteiger partial charge in [0.15, 0.2) is 0 Å². The molecule has 88 valence electrons. The van der Waals surface area contributed by atoms with E-state index in [1.165, 1.54) is 18.4 Å². The third-order valence-corrected chi connectivity index (χ3v) is 3.53. The minimum Gasteiger partial charge on any atom is -0.396 e. The van der Waals surface area contributed by atoms with Crippen LogP contribution in [0.1, 0.15) is 24.8 Å². The highest BCUT2D eigenvalue weighted by Crippen LogP contribution is 2.47. The van der Waals surface area contributed by atoms with Crippen molar-refractivity contribution in [3.63, 3.8) is 0 Å². The maximum atomic E-state index is 8.95. The molecule has 0 radical (unpaired) electrons. The summed E-state index contributed by atoms with van der Waals surface area (Å²) in [6.45, 7) is 2.44. The SMILES string of the molecule is OCCC1(CNCCc2ccccc2)CC1. The van der Waals surface area contributed by atoms with Crippen LogP contribution in [0.5, 0.6) is 0 Å². The molecule has 0 saturated heterocycles. The number of hydrogen-bond acceptors (Lipinski definition) is 2. The lowest BCUT2D eigenvalue weighted by Gasteiger charge is -2.14. The summed E-state index contributed by atoms with van der Waals surface area (Å²) in [5, 5.41) is 12.5. The minimum atomic E-state index is 0.334. The molecular weight excluding hydrogens is 198 g/mol. The largest absolute Gasteiger partial charge is 0.396 e. The van der Waals surface area contributed by atoms with Crippen molar-refractivity contribution in [3.8, 4) is 0 Å². The molecule has 2 N–H and O–H groups in total. The lowest BCUT2D eigenvalue weighted by Crippen LogP contribution is -2.26. The monoisotopic (exact) mass is 219 g/mol. The first-order valence-corrected chi connectivity index (χ1v) is 6.20. The van der Waals surface area contributed by atoms with Gasteiger partial charge in [0.1, 0.15) is 0 Å². The second-order valence-electron chi connectivity index (χ2n) is 4.89. The highest BCUT2D eigenvalue weighted by atomic mass is 16.3. The van der Waals surface area contributed by atoms with Gasteiger partial charge in [-0.15, -0.1) is 0 Å². The second kappa shape index (κ2) is 5.46. The Bertz CT molecular complexity index is 306. The number of hydrogen-bond donors (Lipinski definition) is 2. The summed E-state index contributed by atoms with van der Waals surface area (Å²) in [5.74, 6) is 0. The summed E-state index contributed by atoms with van der Waals surface area (Å²) in [7, 11) is 0. The van der Waals surface area contributed by atoms with Crippen molar-refractivity contribution in [2.75, 3.05) is 19.7 Å². The van der Waals surface area contributed by atoms with Gasteiger partial charge in [-0.05, 0) is 43.2 Å². The molecular formula is C14H21NO. The Labute approximate surface area is 97.7 Å². The normalized spacial score (nSPS) is 17.3. The first-order chi connectivity index (χ1) is 7.85. The highest BCUT2D eigenvalue weighted by molar-refractivity contribution is 5.14. The van der Waals surface area contributed by atoms with E-state index in [9.17, 15) is 0 Å². The number of rotatable bonds is 7. The predicted octanol–water partition coefficient (Wildman–Crippen LogP) is 1.98. The summed E-state index contributed by atoms with van der Waals surface area (Å²) in [6, 6.07) is 10.6.